The zero-order valence-electron chi connectivity index (χ0n) is 11.7. The number of piperidine rings is 1. The fraction of sp³-hybridized carbons (Fsp3) is 1.00. The monoisotopic (exact) mass is 279 g/mol. The molecular weight excluding hydrogens is 255 g/mol. The summed E-state index contributed by atoms with van der Waals surface area (Å²) in [7, 11) is 2.08. The normalized spacial score (nSPS) is 36.2. The summed E-state index contributed by atoms with van der Waals surface area (Å²) in [4.78, 5) is 4.33. The highest BCUT2D eigenvalue weighted by molar-refractivity contribution is 4.88. The Morgan fingerprint density at radius 2 is 1.89 bits per heavy atom. The Morgan fingerprint density at radius 3 is 2.53 bits per heavy atom. The number of likely N-dealkylation sites (tertiary alicyclic amines) is 1. The van der Waals surface area contributed by atoms with Crippen molar-refractivity contribution in [2.75, 3.05) is 46.3 Å². The summed E-state index contributed by atoms with van der Waals surface area (Å²) in [5.41, 5.74) is 0. The summed E-state index contributed by atoms with van der Waals surface area (Å²) in [6.45, 7) is 5.70. The summed E-state index contributed by atoms with van der Waals surface area (Å²) in [5, 5.41) is 2.92. The lowest BCUT2D eigenvalue weighted by Gasteiger charge is -2.42. The maximum atomic E-state index is 12.9. The third-order valence-electron chi connectivity index (χ3n) is 4.42. The third kappa shape index (κ3) is 3.83. The van der Waals surface area contributed by atoms with Gasteiger partial charge in [0, 0.05) is 38.8 Å². The van der Waals surface area contributed by atoms with Gasteiger partial charge in [0.25, 0.3) is 0 Å². The van der Waals surface area contributed by atoms with E-state index in [2.05, 4.69) is 29.1 Å². The van der Waals surface area contributed by atoms with Gasteiger partial charge in [-0.3, -0.25) is 4.90 Å². The van der Waals surface area contributed by atoms with Gasteiger partial charge < -0.3 is 10.2 Å². The molecule has 2 aliphatic rings. The first-order valence-corrected chi connectivity index (χ1v) is 7.08. The van der Waals surface area contributed by atoms with Crippen LogP contribution in [0.15, 0.2) is 0 Å². The highest BCUT2D eigenvalue weighted by Gasteiger charge is 2.42. The van der Waals surface area contributed by atoms with Crippen molar-refractivity contribution < 1.29 is 13.2 Å². The van der Waals surface area contributed by atoms with Gasteiger partial charge in [0.15, 0.2) is 0 Å². The Kier molecular flexibility index (Phi) is 4.74. The van der Waals surface area contributed by atoms with E-state index in [-0.39, 0.29) is 13.1 Å². The highest BCUT2D eigenvalue weighted by Crippen LogP contribution is 2.30. The van der Waals surface area contributed by atoms with E-state index in [0.29, 0.717) is 18.5 Å². The van der Waals surface area contributed by atoms with Crippen LogP contribution in [-0.4, -0.2) is 68.3 Å². The minimum atomic E-state index is -4.09. The molecular formula is C13H24F3N3. The molecule has 0 spiro atoms. The number of halogens is 3. The number of hydrogen-bond donors (Lipinski definition) is 1. The van der Waals surface area contributed by atoms with Crippen LogP contribution in [0.2, 0.25) is 0 Å². The van der Waals surface area contributed by atoms with Gasteiger partial charge in [0.2, 0.25) is 0 Å². The molecule has 3 unspecified atom stereocenters. The van der Waals surface area contributed by atoms with Crippen molar-refractivity contribution in [3.63, 3.8) is 0 Å². The van der Waals surface area contributed by atoms with E-state index in [9.17, 15) is 13.2 Å². The van der Waals surface area contributed by atoms with Crippen molar-refractivity contribution in [3.05, 3.63) is 0 Å². The molecule has 0 amide bonds. The molecule has 0 radical (unpaired) electrons. The zero-order valence-corrected chi connectivity index (χ0v) is 11.7. The van der Waals surface area contributed by atoms with E-state index < -0.39 is 12.1 Å². The molecule has 2 heterocycles. The molecule has 0 bridgehead atoms. The largest absolute Gasteiger partial charge is 0.394 e. The topological polar surface area (TPSA) is 18.5 Å². The van der Waals surface area contributed by atoms with Crippen LogP contribution in [0.5, 0.6) is 0 Å². The molecule has 2 aliphatic heterocycles. The SMILES string of the molecule is CC1CN(C)CCC1N1CCNCC(C(F)(F)F)C1. The lowest BCUT2D eigenvalue weighted by atomic mass is 9.92. The molecule has 0 aromatic carbocycles. The molecule has 2 rings (SSSR count). The van der Waals surface area contributed by atoms with Crippen LogP contribution in [0, 0.1) is 11.8 Å². The first-order chi connectivity index (χ1) is 8.88. The first kappa shape index (κ1) is 15.1. The maximum Gasteiger partial charge on any atom is 0.394 e. The number of hydrogen-bond acceptors (Lipinski definition) is 3. The van der Waals surface area contributed by atoms with Crippen LogP contribution in [0.1, 0.15) is 13.3 Å². The quantitative estimate of drug-likeness (QED) is 0.783. The third-order valence-corrected chi connectivity index (χ3v) is 4.42. The van der Waals surface area contributed by atoms with Crippen LogP contribution < -0.4 is 5.32 Å². The van der Waals surface area contributed by atoms with Crippen LogP contribution >= 0.6 is 0 Å². The second kappa shape index (κ2) is 5.97. The van der Waals surface area contributed by atoms with Crippen LogP contribution in [0.25, 0.3) is 0 Å². The van der Waals surface area contributed by atoms with E-state index in [1.807, 2.05) is 0 Å². The molecule has 0 saturated carbocycles. The molecule has 6 heteroatoms. The average Bonchev–Trinajstić information content (AvgIpc) is 2.54. The fourth-order valence-corrected chi connectivity index (χ4v) is 3.34. The van der Waals surface area contributed by atoms with Crippen molar-refractivity contribution in [1.82, 2.24) is 15.1 Å². The summed E-state index contributed by atoms with van der Waals surface area (Å²) < 4.78 is 38.8. The van der Waals surface area contributed by atoms with Gasteiger partial charge in [0.05, 0.1) is 5.92 Å². The lowest BCUT2D eigenvalue weighted by molar-refractivity contribution is -0.177. The molecule has 0 aliphatic carbocycles. The van der Waals surface area contributed by atoms with Gasteiger partial charge in [-0.1, -0.05) is 6.92 Å². The summed E-state index contributed by atoms with van der Waals surface area (Å²) >= 11 is 0. The molecule has 0 aromatic heterocycles. The van der Waals surface area contributed by atoms with Gasteiger partial charge in [-0.25, -0.2) is 0 Å². The molecule has 2 saturated heterocycles. The van der Waals surface area contributed by atoms with Gasteiger partial charge in [-0.05, 0) is 25.9 Å². The highest BCUT2D eigenvalue weighted by atomic mass is 19.4. The van der Waals surface area contributed by atoms with E-state index in [4.69, 9.17) is 0 Å². The van der Waals surface area contributed by atoms with Crippen molar-refractivity contribution in [3.8, 4) is 0 Å². The van der Waals surface area contributed by atoms with Gasteiger partial charge in [0.1, 0.15) is 0 Å². The first-order valence-electron chi connectivity index (χ1n) is 7.08. The second-order valence-corrected chi connectivity index (χ2v) is 6.03. The molecule has 3 nitrogen and oxygen atoms in total. The van der Waals surface area contributed by atoms with Crippen molar-refractivity contribution in [2.24, 2.45) is 11.8 Å². The minimum Gasteiger partial charge on any atom is -0.315 e. The molecule has 1 N–H and O–H groups in total. The van der Waals surface area contributed by atoms with Crippen LogP contribution in [-0.2, 0) is 0 Å². The number of rotatable bonds is 1. The summed E-state index contributed by atoms with van der Waals surface area (Å²) in [6.07, 6.45) is -3.12. The molecule has 19 heavy (non-hydrogen) atoms. The predicted octanol–water partition coefficient (Wildman–Crippen LogP) is 1.41. The van der Waals surface area contributed by atoms with Gasteiger partial charge in [-0.15, -0.1) is 0 Å². The van der Waals surface area contributed by atoms with E-state index in [1.54, 1.807) is 0 Å². The summed E-state index contributed by atoms with van der Waals surface area (Å²) in [5.74, 6) is -0.799. The number of alkyl halides is 3. The lowest BCUT2D eigenvalue weighted by Crippen LogP contribution is -2.51. The smallest absolute Gasteiger partial charge is 0.315 e. The second-order valence-electron chi connectivity index (χ2n) is 6.03. The van der Waals surface area contributed by atoms with Crippen LogP contribution in [0.4, 0.5) is 13.2 Å². The van der Waals surface area contributed by atoms with E-state index in [1.165, 1.54) is 0 Å². The fourth-order valence-electron chi connectivity index (χ4n) is 3.34. The van der Waals surface area contributed by atoms with Gasteiger partial charge >= 0.3 is 6.18 Å². The van der Waals surface area contributed by atoms with Gasteiger partial charge in [-0.2, -0.15) is 13.2 Å². The predicted molar refractivity (Wildman–Crippen MR) is 69.1 cm³/mol. The molecule has 112 valence electrons. The zero-order chi connectivity index (χ0) is 14.0. The Labute approximate surface area is 113 Å². The average molecular weight is 279 g/mol. The van der Waals surface area contributed by atoms with E-state index in [0.717, 1.165) is 26.1 Å². The Morgan fingerprint density at radius 1 is 1.16 bits per heavy atom. The molecule has 0 aromatic rings. The number of nitrogens with zero attached hydrogens (tertiary/aromatic N) is 2. The van der Waals surface area contributed by atoms with Crippen molar-refractivity contribution in [1.29, 1.82) is 0 Å². The Balaban J connectivity index is 2.02. The van der Waals surface area contributed by atoms with Crippen molar-refractivity contribution in [2.45, 2.75) is 25.6 Å². The Hall–Kier alpha value is -0.330. The minimum absolute atomic E-state index is 0.0566. The van der Waals surface area contributed by atoms with E-state index >= 15 is 0 Å². The molecule has 3 atom stereocenters. The molecule has 2 fully saturated rings. The maximum absolute atomic E-state index is 12.9. The number of nitrogens with one attached hydrogen (secondary N) is 1. The summed E-state index contributed by atoms with van der Waals surface area (Å²) in [6, 6.07) is 0.293. The van der Waals surface area contributed by atoms with Crippen LogP contribution in [0.3, 0.4) is 0 Å². The Bertz CT molecular complexity index is 295. The standard InChI is InChI=1S/C13H24F3N3/c1-10-8-18(2)5-3-12(10)19-6-4-17-7-11(9-19)13(14,15)16/h10-12,17H,3-9H2,1-2H3. The van der Waals surface area contributed by atoms with Crippen molar-refractivity contribution >= 4 is 0 Å².